The molecule has 1 atom stereocenters. The lowest BCUT2D eigenvalue weighted by atomic mass is 10.0. The lowest BCUT2D eigenvalue weighted by molar-refractivity contribution is 0.0474. The van der Waals surface area contributed by atoms with Crippen LogP contribution in [0.15, 0.2) is 54.6 Å². The molecular weight excluding hydrogens is 412 g/mol. The van der Waals surface area contributed by atoms with E-state index in [1.54, 1.807) is 4.90 Å². The van der Waals surface area contributed by atoms with Gasteiger partial charge < -0.3 is 19.8 Å². The van der Waals surface area contributed by atoms with Crippen molar-refractivity contribution in [2.24, 2.45) is 0 Å². The van der Waals surface area contributed by atoms with E-state index < -0.39 is 0 Å². The molecule has 1 amide bonds. The molecule has 0 aliphatic carbocycles. The van der Waals surface area contributed by atoms with Gasteiger partial charge in [-0.05, 0) is 62.1 Å². The normalized spacial score (nSPS) is 23.1. The van der Waals surface area contributed by atoms with Gasteiger partial charge in [-0.1, -0.05) is 18.2 Å². The molecule has 0 unspecified atom stereocenters. The minimum atomic E-state index is -0.385. The molecule has 0 aromatic heterocycles. The summed E-state index contributed by atoms with van der Waals surface area (Å²) in [5, 5.41) is 9.86. The highest BCUT2D eigenvalue weighted by Crippen LogP contribution is 2.25. The molecule has 6 heteroatoms. The van der Waals surface area contributed by atoms with Crippen molar-refractivity contribution >= 4 is 17.3 Å². The molecule has 0 saturated carbocycles. The van der Waals surface area contributed by atoms with E-state index in [-0.39, 0.29) is 12.0 Å². The van der Waals surface area contributed by atoms with Crippen LogP contribution < -0.4 is 9.80 Å². The van der Waals surface area contributed by atoms with E-state index in [0.717, 1.165) is 64.2 Å². The number of aliphatic hydroxyl groups excluding tert-OH is 1. The maximum Gasteiger partial charge on any atom is 0.253 e. The zero-order valence-electron chi connectivity index (χ0n) is 19.5. The van der Waals surface area contributed by atoms with Crippen LogP contribution in [0.2, 0.25) is 0 Å². The Morgan fingerprint density at radius 2 is 1.36 bits per heavy atom. The predicted molar refractivity (Wildman–Crippen MR) is 133 cm³/mol. The smallest absolute Gasteiger partial charge is 0.253 e. The van der Waals surface area contributed by atoms with Crippen LogP contribution in [0.25, 0.3) is 0 Å². The van der Waals surface area contributed by atoms with Crippen molar-refractivity contribution in [1.29, 1.82) is 0 Å². The Labute approximate surface area is 197 Å². The number of rotatable bonds is 4. The summed E-state index contributed by atoms with van der Waals surface area (Å²) in [5.41, 5.74) is 3.27. The summed E-state index contributed by atoms with van der Waals surface area (Å²) in [4.78, 5) is 22.2. The summed E-state index contributed by atoms with van der Waals surface area (Å²) in [6.07, 6.45) is 3.67. The van der Waals surface area contributed by atoms with Gasteiger partial charge in [-0.2, -0.15) is 0 Å². The van der Waals surface area contributed by atoms with Gasteiger partial charge in [0.25, 0.3) is 5.91 Å². The minimum absolute atomic E-state index is 0.0358. The molecule has 0 spiro atoms. The number of anilines is 2. The van der Waals surface area contributed by atoms with Crippen molar-refractivity contribution in [3.63, 3.8) is 0 Å². The fourth-order valence-corrected chi connectivity index (χ4v) is 5.61. The lowest BCUT2D eigenvalue weighted by Crippen LogP contribution is -2.53. The molecule has 6 nitrogen and oxygen atoms in total. The maximum atomic E-state index is 12.8. The lowest BCUT2D eigenvalue weighted by Gasteiger charge is -2.43. The summed E-state index contributed by atoms with van der Waals surface area (Å²) < 4.78 is 0. The Morgan fingerprint density at radius 3 is 2.03 bits per heavy atom. The summed E-state index contributed by atoms with van der Waals surface area (Å²) in [6, 6.07) is 19.5. The highest BCUT2D eigenvalue weighted by Gasteiger charge is 2.28. The number of para-hydroxylation sites is 1. The average Bonchev–Trinajstić information content (AvgIpc) is 2.89. The molecule has 33 heavy (non-hydrogen) atoms. The van der Waals surface area contributed by atoms with Gasteiger partial charge in [-0.3, -0.25) is 9.69 Å². The van der Waals surface area contributed by atoms with E-state index in [2.05, 4.69) is 57.2 Å². The van der Waals surface area contributed by atoms with Gasteiger partial charge in [0.15, 0.2) is 0 Å². The van der Waals surface area contributed by atoms with Gasteiger partial charge in [-0.15, -0.1) is 0 Å². The molecule has 0 radical (unpaired) electrons. The molecule has 3 heterocycles. The second-order valence-corrected chi connectivity index (χ2v) is 9.67. The molecule has 3 fully saturated rings. The fraction of sp³-hybridized carbons (Fsp3) is 0.519. The predicted octanol–water partition coefficient (Wildman–Crippen LogP) is 3.07. The first-order chi connectivity index (χ1) is 16.2. The number of likely N-dealkylation sites (tertiary alicyclic amines) is 1. The standard InChI is InChI=1S/C27H36N4O2/c32-26-7-4-14-31(21-26)27(33)22-8-10-24(11-9-22)28-15-12-25(13-16-28)30-19-17-29(18-20-30)23-5-2-1-3-6-23/h1-3,5-6,8-11,25-26,32H,4,7,12-21H2/t26-/m0/s1. The number of piperazine rings is 1. The Hall–Kier alpha value is -2.57. The Balaban J connectivity index is 1.11. The van der Waals surface area contributed by atoms with Gasteiger partial charge in [0.05, 0.1) is 6.10 Å². The number of piperidine rings is 2. The Bertz CT molecular complexity index is 903. The first-order valence-electron chi connectivity index (χ1n) is 12.5. The van der Waals surface area contributed by atoms with E-state index in [1.807, 2.05) is 12.1 Å². The molecule has 2 aromatic rings. The second kappa shape index (κ2) is 10.1. The van der Waals surface area contributed by atoms with Gasteiger partial charge >= 0.3 is 0 Å². The summed E-state index contributed by atoms with van der Waals surface area (Å²) in [6.45, 7) is 7.81. The van der Waals surface area contributed by atoms with Crippen LogP contribution in [0.5, 0.6) is 0 Å². The number of aliphatic hydroxyl groups is 1. The molecule has 1 N–H and O–H groups in total. The highest BCUT2D eigenvalue weighted by molar-refractivity contribution is 5.94. The molecule has 3 aliphatic rings. The van der Waals surface area contributed by atoms with Crippen LogP contribution in [-0.2, 0) is 0 Å². The second-order valence-electron chi connectivity index (χ2n) is 9.67. The molecule has 2 aromatic carbocycles. The van der Waals surface area contributed by atoms with Crippen molar-refractivity contribution < 1.29 is 9.90 Å². The third-order valence-electron chi connectivity index (χ3n) is 7.58. The zero-order valence-corrected chi connectivity index (χ0v) is 19.5. The van der Waals surface area contributed by atoms with Gasteiger partial charge in [0.2, 0.25) is 0 Å². The number of hydrogen-bond donors (Lipinski definition) is 1. The third-order valence-corrected chi connectivity index (χ3v) is 7.58. The summed E-state index contributed by atoms with van der Waals surface area (Å²) in [5.74, 6) is 0.0358. The molecule has 3 aliphatic heterocycles. The SMILES string of the molecule is O=C(c1ccc(N2CCC(N3CCN(c4ccccc4)CC3)CC2)cc1)N1CCC[C@H](O)C1. The molecule has 5 rings (SSSR count). The van der Waals surface area contributed by atoms with Crippen LogP contribution in [-0.4, -0.2) is 85.3 Å². The first-order valence-corrected chi connectivity index (χ1v) is 12.5. The Kier molecular flexibility index (Phi) is 6.83. The van der Waals surface area contributed by atoms with E-state index in [0.29, 0.717) is 12.6 Å². The summed E-state index contributed by atoms with van der Waals surface area (Å²) in [7, 11) is 0. The van der Waals surface area contributed by atoms with Crippen molar-refractivity contribution in [3.05, 3.63) is 60.2 Å². The number of carbonyl (C=O) groups is 1. The van der Waals surface area contributed by atoms with Crippen LogP contribution in [0.3, 0.4) is 0 Å². The third kappa shape index (κ3) is 5.17. The van der Waals surface area contributed by atoms with Crippen molar-refractivity contribution in [1.82, 2.24) is 9.80 Å². The molecule has 176 valence electrons. The van der Waals surface area contributed by atoms with E-state index in [4.69, 9.17) is 0 Å². The topological polar surface area (TPSA) is 50.3 Å². The number of β-amino-alcohol motifs (C(OH)–C–C–N with tert-alkyl or cyclic N) is 1. The van der Waals surface area contributed by atoms with Crippen LogP contribution >= 0.6 is 0 Å². The van der Waals surface area contributed by atoms with E-state index >= 15 is 0 Å². The van der Waals surface area contributed by atoms with Crippen LogP contribution in [0.1, 0.15) is 36.0 Å². The van der Waals surface area contributed by atoms with Gasteiger partial charge in [0, 0.05) is 75.3 Å². The van der Waals surface area contributed by atoms with Crippen LogP contribution in [0, 0.1) is 0 Å². The quantitative estimate of drug-likeness (QED) is 0.779. The van der Waals surface area contributed by atoms with Gasteiger partial charge in [0.1, 0.15) is 0 Å². The number of amides is 1. The number of nitrogens with zero attached hydrogens (tertiary/aromatic N) is 4. The summed E-state index contributed by atoms with van der Waals surface area (Å²) >= 11 is 0. The van der Waals surface area contributed by atoms with Crippen LogP contribution in [0.4, 0.5) is 11.4 Å². The van der Waals surface area contributed by atoms with Crippen molar-refractivity contribution in [2.45, 2.75) is 37.8 Å². The maximum absolute atomic E-state index is 12.8. The fourth-order valence-electron chi connectivity index (χ4n) is 5.61. The average molecular weight is 449 g/mol. The number of benzene rings is 2. The Morgan fingerprint density at radius 1 is 0.727 bits per heavy atom. The van der Waals surface area contributed by atoms with E-state index in [1.165, 1.54) is 24.2 Å². The van der Waals surface area contributed by atoms with Crippen molar-refractivity contribution in [3.8, 4) is 0 Å². The number of carbonyl (C=O) groups excluding carboxylic acids is 1. The molecule has 0 bridgehead atoms. The van der Waals surface area contributed by atoms with Gasteiger partial charge in [-0.25, -0.2) is 0 Å². The van der Waals surface area contributed by atoms with E-state index in [9.17, 15) is 9.90 Å². The monoisotopic (exact) mass is 448 g/mol. The minimum Gasteiger partial charge on any atom is -0.391 e. The molecular formula is C27H36N4O2. The zero-order chi connectivity index (χ0) is 22.6. The molecule has 3 saturated heterocycles. The first kappa shape index (κ1) is 22.2. The largest absolute Gasteiger partial charge is 0.391 e. The van der Waals surface area contributed by atoms with Crippen molar-refractivity contribution in [2.75, 3.05) is 62.2 Å². The highest BCUT2D eigenvalue weighted by atomic mass is 16.3. The number of hydrogen-bond acceptors (Lipinski definition) is 5.